The maximum Gasteiger partial charge on any atom is 0.313 e. The van der Waals surface area contributed by atoms with Crippen LogP contribution in [0.5, 0.6) is 0 Å². The van der Waals surface area contributed by atoms with Crippen LogP contribution in [0.15, 0.2) is 12.7 Å². The molecule has 0 spiro atoms. The summed E-state index contributed by atoms with van der Waals surface area (Å²) in [5, 5.41) is 0. The molecule has 0 unspecified atom stereocenters. The van der Waals surface area contributed by atoms with Gasteiger partial charge in [0.05, 0.1) is 19.6 Å². The topological polar surface area (TPSA) is 69.7 Å². The van der Waals surface area contributed by atoms with Crippen molar-refractivity contribution in [2.75, 3.05) is 13.2 Å². The molecule has 5 heteroatoms. The fraction of sp³-hybridized carbons (Fsp3) is 0.706. The minimum absolute atomic E-state index is 0.0254. The molecule has 0 saturated heterocycles. The van der Waals surface area contributed by atoms with E-state index in [1.807, 2.05) is 6.08 Å². The Morgan fingerprint density at radius 3 is 2.27 bits per heavy atom. The molecule has 0 heterocycles. The van der Waals surface area contributed by atoms with Crippen molar-refractivity contribution in [1.82, 2.24) is 0 Å². The van der Waals surface area contributed by atoms with Crippen molar-refractivity contribution in [2.24, 2.45) is 0 Å². The first-order valence-electron chi connectivity index (χ1n) is 8.04. The lowest BCUT2D eigenvalue weighted by Crippen LogP contribution is -2.13. The highest BCUT2D eigenvalue weighted by Crippen LogP contribution is 2.06. The molecule has 0 saturated carbocycles. The van der Waals surface area contributed by atoms with E-state index in [0.717, 1.165) is 32.1 Å². The van der Waals surface area contributed by atoms with Crippen LogP contribution in [0.4, 0.5) is 0 Å². The highest BCUT2D eigenvalue weighted by molar-refractivity contribution is 5.96. The molecule has 0 aliphatic heterocycles. The Balaban J connectivity index is 3.48. The van der Waals surface area contributed by atoms with Gasteiger partial charge in [-0.1, -0.05) is 25.3 Å². The third-order valence-corrected chi connectivity index (χ3v) is 3.07. The predicted octanol–water partition coefficient (Wildman–Crippen LogP) is 3.36. The minimum atomic E-state index is -0.544. The first kappa shape index (κ1) is 20.3. The number of hydrogen-bond acceptors (Lipinski definition) is 5. The average molecular weight is 312 g/mol. The lowest BCUT2D eigenvalue weighted by molar-refractivity contribution is -0.148. The molecule has 0 bridgehead atoms. The average Bonchev–Trinajstić information content (AvgIpc) is 2.48. The second-order valence-corrected chi connectivity index (χ2v) is 5.09. The number of hydrogen-bond donors (Lipinski definition) is 0. The summed E-state index contributed by atoms with van der Waals surface area (Å²) >= 11 is 0. The fourth-order valence-electron chi connectivity index (χ4n) is 1.88. The van der Waals surface area contributed by atoms with Gasteiger partial charge in [-0.2, -0.15) is 0 Å². The molecule has 22 heavy (non-hydrogen) atoms. The summed E-state index contributed by atoms with van der Waals surface area (Å²) in [4.78, 5) is 33.9. The van der Waals surface area contributed by atoms with Crippen LogP contribution in [0, 0.1) is 0 Å². The van der Waals surface area contributed by atoms with Gasteiger partial charge in [0, 0.05) is 6.42 Å². The second-order valence-electron chi connectivity index (χ2n) is 5.09. The smallest absolute Gasteiger partial charge is 0.313 e. The van der Waals surface area contributed by atoms with E-state index in [-0.39, 0.29) is 37.6 Å². The summed E-state index contributed by atoms with van der Waals surface area (Å²) in [6, 6.07) is 0. The van der Waals surface area contributed by atoms with Gasteiger partial charge in [0.15, 0.2) is 0 Å². The van der Waals surface area contributed by atoms with Gasteiger partial charge in [-0.25, -0.2) is 0 Å². The number of ketones is 1. The highest BCUT2D eigenvalue weighted by atomic mass is 16.5. The van der Waals surface area contributed by atoms with Gasteiger partial charge in [-0.05, 0) is 26.2 Å². The van der Waals surface area contributed by atoms with E-state index in [1.54, 1.807) is 6.92 Å². The molecule has 0 aromatic rings. The van der Waals surface area contributed by atoms with Gasteiger partial charge >= 0.3 is 11.9 Å². The van der Waals surface area contributed by atoms with Crippen molar-refractivity contribution in [2.45, 2.75) is 64.7 Å². The number of allylic oxidation sites excluding steroid dienone is 1. The van der Waals surface area contributed by atoms with Gasteiger partial charge in [-0.3, -0.25) is 14.4 Å². The van der Waals surface area contributed by atoms with E-state index < -0.39 is 5.97 Å². The predicted molar refractivity (Wildman–Crippen MR) is 84.3 cm³/mol. The molecule has 0 aliphatic carbocycles. The van der Waals surface area contributed by atoms with Crippen LogP contribution in [-0.2, 0) is 23.9 Å². The van der Waals surface area contributed by atoms with Crippen molar-refractivity contribution in [1.29, 1.82) is 0 Å². The van der Waals surface area contributed by atoms with Crippen LogP contribution < -0.4 is 0 Å². The van der Waals surface area contributed by atoms with E-state index in [2.05, 4.69) is 11.3 Å². The van der Waals surface area contributed by atoms with Gasteiger partial charge in [0.1, 0.15) is 12.2 Å². The van der Waals surface area contributed by atoms with Crippen LogP contribution >= 0.6 is 0 Å². The molecule has 0 N–H and O–H groups in total. The van der Waals surface area contributed by atoms with Crippen LogP contribution in [-0.4, -0.2) is 30.9 Å². The zero-order valence-corrected chi connectivity index (χ0v) is 13.6. The molecule has 0 radical (unpaired) electrons. The zero-order chi connectivity index (χ0) is 16.6. The van der Waals surface area contributed by atoms with Crippen molar-refractivity contribution < 1.29 is 23.9 Å². The largest absolute Gasteiger partial charge is 0.466 e. The summed E-state index contributed by atoms with van der Waals surface area (Å²) in [7, 11) is 0. The summed E-state index contributed by atoms with van der Waals surface area (Å²) < 4.78 is 9.71. The maximum absolute atomic E-state index is 11.4. The number of rotatable bonds is 14. The summed E-state index contributed by atoms with van der Waals surface area (Å²) in [6.45, 7) is 6.00. The molecular weight excluding hydrogens is 284 g/mol. The van der Waals surface area contributed by atoms with Gasteiger partial charge in [-0.15, -0.1) is 6.58 Å². The molecule has 0 aromatic carbocycles. The van der Waals surface area contributed by atoms with Crippen LogP contribution in [0.25, 0.3) is 0 Å². The van der Waals surface area contributed by atoms with Crippen molar-refractivity contribution in [3.63, 3.8) is 0 Å². The number of Topliss-reactive ketones (excluding diaryl/α,β-unsaturated/α-hetero) is 1. The van der Waals surface area contributed by atoms with Gasteiger partial charge in [0.25, 0.3) is 0 Å². The summed E-state index contributed by atoms with van der Waals surface area (Å²) in [5.74, 6) is -1.22. The molecule has 0 aromatic heterocycles. The van der Waals surface area contributed by atoms with Gasteiger partial charge < -0.3 is 9.47 Å². The molecular formula is C17H28O5. The SMILES string of the molecule is C=CCCCCCCCOC(=O)CCC(=O)CC(=O)OCC. The van der Waals surface area contributed by atoms with E-state index in [0.29, 0.717) is 6.61 Å². The van der Waals surface area contributed by atoms with E-state index in [9.17, 15) is 14.4 Å². The van der Waals surface area contributed by atoms with Crippen LogP contribution in [0.2, 0.25) is 0 Å². The fourth-order valence-corrected chi connectivity index (χ4v) is 1.88. The van der Waals surface area contributed by atoms with Crippen molar-refractivity contribution in [3.8, 4) is 0 Å². The second kappa shape index (κ2) is 14.3. The number of esters is 2. The first-order valence-corrected chi connectivity index (χ1v) is 8.04. The van der Waals surface area contributed by atoms with Crippen LogP contribution in [0.3, 0.4) is 0 Å². The Kier molecular flexibility index (Phi) is 13.2. The first-order chi connectivity index (χ1) is 10.6. The molecule has 0 rings (SSSR count). The van der Waals surface area contributed by atoms with Crippen LogP contribution in [0.1, 0.15) is 64.7 Å². The Morgan fingerprint density at radius 2 is 1.59 bits per heavy atom. The standard InChI is InChI=1S/C17H28O5/c1-3-5-6-7-8-9-10-13-22-16(19)12-11-15(18)14-17(20)21-4-2/h3H,1,4-14H2,2H3. The summed E-state index contributed by atoms with van der Waals surface area (Å²) in [5.41, 5.74) is 0. The number of carbonyl (C=O) groups excluding carboxylic acids is 3. The third-order valence-electron chi connectivity index (χ3n) is 3.07. The third kappa shape index (κ3) is 13.3. The molecule has 5 nitrogen and oxygen atoms in total. The Bertz CT molecular complexity index is 349. The van der Waals surface area contributed by atoms with Crippen molar-refractivity contribution in [3.05, 3.63) is 12.7 Å². The van der Waals surface area contributed by atoms with Crippen molar-refractivity contribution >= 4 is 17.7 Å². The summed E-state index contributed by atoms with van der Waals surface area (Å²) in [6.07, 6.45) is 8.09. The molecule has 0 aliphatic rings. The lowest BCUT2D eigenvalue weighted by atomic mass is 10.1. The quantitative estimate of drug-likeness (QED) is 0.213. The Labute approximate surface area is 133 Å². The zero-order valence-electron chi connectivity index (χ0n) is 13.6. The number of unbranched alkanes of at least 4 members (excludes halogenated alkanes) is 5. The molecule has 0 amide bonds. The monoisotopic (exact) mass is 312 g/mol. The Hall–Kier alpha value is -1.65. The van der Waals surface area contributed by atoms with E-state index >= 15 is 0 Å². The lowest BCUT2D eigenvalue weighted by Gasteiger charge is -2.05. The maximum atomic E-state index is 11.4. The molecule has 0 atom stereocenters. The Morgan fingerprint density at radius 1 is 0.909 bits per heavy atom. The highest BCUT2D eigenvalue weighted by Gasteiger charge is 2.12. The number of ether oxygens (including phenoxy) is 2. The van der Waals surface area contributed by atoms with Gasteiger partial charge in [0.2, 0.25) is 0 Å². The minimum Gasteiger partial charge on any atom is -0.466 e. The van der Waals surface area contributed by atoms with E-state index in [4.69, 9.17) is 4.74 Å². The molecule has 126 valence electrons. The molecule has 0 fully saturated rings. The van der Waals surface area contributed by atoms with E-state index in [1.165, 1.54) is 6.42 Å². The number of carbonyl (C=O) groups is 3. The normalized spacial score (nSPS) is 10.0.